The third-order valence-corrected chi connectivity index (χ3v) is 5.17. The molecular weight excluding hydrogens is 348 g/mol. The van der Waals surface area contributed by atoms with Crippen LogP contribution in [0.1, 0.15) is 20.3 Å². The van der Waals surface area contributed by atoms with Crippen molar-refractivity contribution in [3.63, 3.8) is 0 Å². The number of piperidine rings is 1. The van der Waals surface area contributed by atoms with E-state index in [2.05, 4.69) is 33.7 Å². The smallest absolute Gasteiger partial charge is 0.262 e. The Kier molecular flexibility index (Phi) is 4.41. The van der Waals surface area contributed by atoms with E-state index in [-0.39, 0.29) is 5.56 Å². The van der Waals surface area contributed by atoms with Gasteiger partial charge in [-0.2, -0.15) is 4.98 Å². The Morgan fingerprint density at radius 1 is 1.12 bits per heavy atom. The first-order chi connectivity index (χ1) is 12.5. The van der Waals surface area contributed by atoms with E-state index in [4.69, 9.17) is 11.6 Å². The molecule has 1 aromatic carbocycles. The number of fused-ring (bicyclic) bond motifs is 1. The Morgan fingerprint density at radius 2 is 1.81 bits per heavy atom. The van der Waals surface area contributed by atoms with Crippen molar-refractivity contribution in [2.75, 3.05) is 18.0 Å². The van der Waals surface area contributed by atoms with Crippen molar-refractivity contribution in [2.45, 2.75) is 20.3 Å². The summed E-state index contributed by atoms with van der Waals surface area (Å²) < 4.78 is 0. The van der Waals surface area contributed by atoms with E-state index in [1.165, 1.54) is 6.42 Å². The molecule has 2 atom stereocenters. The van der Waals surface area contributed by atoms with Gasteiger partial charge in [0.2, 0.25) is 5.95 Å². The molecule has 2 unspecified atom stereocenters. The molecule has 1 aliphatic heterocycles. The molecule has 4 rings (SSSR count). The fraction of sp³-hybridized carbons (Fsp3) is 0.350. The minimum absolute atomic E-state index is 0.158. The lowest BCUT2D eigenvalue weighted by atomic mass is 9.92. The third kappa shape index (κ3) is 3.19. The lowest BCUT2D eigenvalue weighted by molar-refractivity contribution is 0.353. The number of aromatic amines is 1. The van der Waals surface area contributed by atoms with Crippen molar-refractivity contribution in [1.82, 2.24) is 15.0 Å². The number of aromatic nitrogens is 3. The molecule has 1 saturated heterocycles. The van der Waals surface area contributed by atoms with Crippen molar-refractivity contribution in [3.05, 3.63) is 51.9 Å². The van der Waals surface area contributed by atoms with Gasteiger partial charge in [0, 0.05) is 24.3 Å². The van der Waals surface area contributed by atoms with Gasteiger partial charge in [-0.3, -0.25) is 9.78 Å². The molecule has 0 spiro atoms. The standard InChI is InChI=1S/C20H21ClN4O/c1-12-9-13(2)11-25(10-12)20-23-18-17(19(26)24-20)16(7-8-22-18)14-3-5-15(21)6-4-14/h3-8,12-13H,9-11H2,1-2H3,(H,22,23,24,26). The second kappa shape index (κ2) is 6.72. The lowest BCUT2D eigenvalue weighted by Crippen LogP contribution is -2.40. The van der Waals surface area contributed by atoms with Gasteiger partial charge in [-0.1, -0.05) is 37.6 Å². The highest BCUT2D eigenvalue weighted by molar-refractivity contribution is 6.30. The number of hydrogen-bond donors (Lipinski definition) is 1. The first-order valence-corrected chi connectivity index (χ1v) is 9.29. The quantitative estimate of drug-likeness (QED) is 0.739. The normalized spacial score (nSPS) is 20.5. The summed E-state index contributed by atoms with van der Waals surface area (Å²) in [6.45, 7) is 6.27. The summed E-state index contributed by atoms with van der Waals surface area (Å²) in [6, 6.07) is 9.27. The molecule has 26 heavy (non-hydrogen) atoms. The van der Waals surface area contributed by atoms with Gasteiger partial charge >= 0.3 is 0 Å². The molecule has 6 heteroatoms. The van der Waals surface area contributed by atoms with Crippen LogP contribution in [-0.2, 0) is 0 Å². The zero-order valence-electron chi connectivity index (χ0n) is 14.9. The van der Waals surface area contributed by atoms with Gasteiger partial charge in [0.25, 0.3) is 5.56 Å². The van der Waals surface area contributed by atoms with E-state index in [9.17, 15) is 4.79 Å². The minimum Gasteiger partial charge on any atom is -0.342 e. The SMILES string of the molecule is CC1CC(C)CN(c2nc3nccc(-c4ccc(Cl)cc4)c3c(=O)[nH]2)C1. The van der Waals surface area contributed by atoms with Crippen LogP contribution in [0.4, 0.5) is 5.95 Å². The summed E-state index contributed by atoms with van der Waals surface area (Å²) in [7, 11) is 0. The molecule has 1 fully saturated rings. The molecule has 3 heterocycles. The molecule has 0 bridgehead atoms. The molecule has 0 radical (unpaired) electrons. The van der Waals surface area contributed by atoms with E-state index in [0.29, 0.717) is 33.8 Å². The van der Waals surface area contributed by atoms with Crippen molar-refractivity contribution in [1.29, 1.82) is 0 Å². The van der Waals surface area contributed by atoms with E-state index in [0.717, 1.165) is 24.2 Å². The Hall–Kier alpha value is -2.40. The summed E-state index contributed by atoms with van der Waals surface area (Å²) in [5.74, 6) is 1.77. The minimum atomic E-state index is -0.158. The number of H-pyrrole nitrogens is 1. The van der Waals surface area contributed by atoms with Crippen LogP contribution in [0.2, 0.25) is 5.02 Å². The van der Waals surface area contributed by atoms with Gasteiger partial charge in [0.05, 0.1) is 5.39 Å². The third-order valence-electron chi connectivity index (χ3n) is 4.92. The number of nitrogens with zero attached hydrogens (tertiary/aromatic N) is 3. The summed E-state index contributed by atoms with van der Waals surface area (Å²) in [6.07, 6.45) is 2.90. The molecular formula is C20H21ClN4O. The zero-order chi connectivity index (χ0) is 18.3. The first-order valence-electron chi connectivity index (χ1n) is 8.91. The van der Waals surface area contributed by atoms with Crippen LogP contribution in [0.5, 0.6) is 0 Å². The van der Waals surface area contributed by atoms with Gasteiger partial charge in [0.15, 0.2) is 5.65 Å². The van der Waals surface area contributed by atoms with E-state index >= 15 is 0 Å². The van der Waals surface area contributed by atoms with E-state index in [1.54, 1.807) is 6.20 Å². The van der Waals surface area contributed by atoms with Gasteiger partial charge < -0.3 is 4.90 Å². The number of nitrogens with one attached hydrogen (secondary N) is 1. The average Bonchev–Trinajstić information content (AvgIpc) is 2.61. The number of benzene rings is 1. The maximum absolute atomic E-state index is 12.9. The number of hydrogen-bond acceptors (Lipinski definition) is 4. The number of rotatable bonds is 2. The van der Waals surface area contributed by atoms with Crippen molar-refractivity contribution >= 4 is 28.6 Å². The molecule has 134 valence electrons. The van der Waals surface area contributed by atoms with Gasteiger partial charge in [-0.25, -0.2) is 4.98 Å². The van der Waals surface area contributed by atoms with Crippen LogP contribution in [-0.4, -0.2) is 28.0 Å². The van der Waals surface area contributed by atoms with Gasteiger partial charge in [-0.05, 0) is 47.6 Å². The molecule has 0 aliphatic carbocycles. The Morgan fingerprint density at radius 3 is 2.50 bits per heavy atom. The topological polar surface area (TPSA) is 61.9 Å². The van der Waals surface area contributed by atoms with Crippen LogP contribution in [0.15, 0.2) is 41.3 Å². The average molecular weight is 369 g/mol. The highest BCUT2D eigenvalue weighted by Crippen LogP contribution is 2.28. The summed E-state index contributed by atoms with van der Waals surface area (Å²) in [5, 5.41) is 1.17. The van der Waals surface area contributed by atoms with Crippen LogP contribution >= 0.6 is 11.6 Å². The molecule has 0 saturated carbocycles. The fourth-order valence-corrected chi connectivity index (χ4v) is 4.03. The van der Waals surface area contributed by atoms with E-state index in [1.807, 2.05) is 30.3 Å². The summed E-state index contributed by atoms with van der Waals surface area (Å²) in [4.78, 5) is 27.0. The summed E-state index contributed by atoms with van der Waals surface area (Å²) >= 11 is 5.98. The molecule has 2 aromatic heterocycles. The second-order valence-corrected chi connectivity index (χ2v) is 7.74. The van der Waals surface area contributed by atoms with Crippen LogP contribution in [0, 0.1) is 11.8 Å². The number of halogens is 1. The maximum atomic E-state index is 12.9. The van der Waals surface area contributed by atoms with Crippen LogP contribution in [0.25, 0.3) is 22.2 Å². The Labute approximate surface area is 157 Å². The molecule has 0 amide bonds. The fourth-order valence-electron chi connectivity index (χ4n) is 3.91. The molecule has 1 N–H and O–H groups in total. The summed E-state index contributed by atoms with van der Waals surface area (Å²) in [5.41, 5.74) is 2.05. The largest absolute Gasteiger partial charge is 0.342 e. The predicted octanol–water partition coefficient (Wildman–Crippen LogP) is 4.12. The lowest BCUT2D eigenvalue weighted by Gasteiger charge is -2.35. The van der Waals surface area contributed by atoms with Crippen molar-refractivity contribution < 1.29 is 0 Å². The molecule has 3 aromatic rings. The van der Waals surface area contributed by atoms with Crippen LogP contribution < -0.4 is 10.5 Å². The monoisotopic (exact) mass is 368 g/mol. The Balaban J connectivity index is 1.82. The molecule has 1 aliphatic rings. The van der Waals surface area contributed by atoms with Crippen LogP contribution in [0.3, 0.4) is 0 Å². The van der Waals surface area contributed by atoms with E-state index < -0.39 is 0 Å². The van der Waals surface area contributed by atoms with Crippen molar-refractivity contribution in [3.8, 4) is 11.1 Å². The highest BCUT2D eigenvalue weighted by atomic mass is 35.5. The highest BCUT2D eigenvalue weighted by Gasteiger charge is 2.24. The maximum Gasteiger partial charge on any atom is 0.262 e. The van der Waals surface area contributed by atoms with Gasteiger partial charge in [0.1, 0.15) is 0 Å². The van der Waals surface area contributed by atoms with Gasteiger partial charge in [-0.15, -0.1) is 0 Å². The number of pyridine rings is 1. The van der Waals surface area contributed by atoms with Crippen molar-refractivity contribution in [2.24, 2.45) is 11.8 Å². The second-order valence-electron chi connectivity index (χ2n) is 7.30. The predicted molar refractivity (Wildman–Crippen MR) is 106 cm³/mol. The first kappa shape index (κ1) is 17.0. The Bertz CT molecular complexity index is 989. The zero-order valence-corrected chi connectivity index (χ0v) is 15.6. The number of anilines is 1. The molecule has 5 nitrogen and oxygen atoms in total.